The van der Waals surface area contributed by atoms with Crippen LogP contribution in [-0.2, 0) is 0 Å². The van der Waals surface area contributed by atoms with Gasteiger partial charge < -0.3 is 5.32 Å². The Labute approximate surface area is 117 Å². The third kappa shape index (κ3) is 1.78. The second-order valence-electron chi connectivity index (χ2n) is 7.70. The van der Waals surface area contributed by atoms with Gasteiger partial charge in [-0.05, 0) is 61.5 Å². The molecule has 3 aliphatic rings. The molecular weight excluding hydrogens is 238 g/mol. The van der Waals surface area contributed by atoms with Crippen LogP contribution >= 0.6 is 11.8 Å². The van der Waals surface area contributed by atoms with Crippen LogP contribution in [0.3, 0.4) is 0 Å². The number of hydrogen-bond donors (Lipinski definition) is 1. The molecule has 0 saturated heterocycles. The van der Waals surface area contributed by atoms with Crippen molar-refractivity contribution in [3.63, 3.8) is 0 Å². The Morgan fingerprint density at radius 2 is 1.83 bits per heavy atom. The fourth-order valence-corrected chi connectivity index (χ4v) is 5.84. The van der Waals surface area contributed by atoms with Crippen molar-refractivity contribution in [1.29, 1.82) is 0 Å². The molecule has 5 atom stereocenters. The summed E-state index contributed by atoms with van der Waals surface area (Å²) in [6, 6.07) is 1.59. The fraction of sp³-hybridized carbons (Fsp3) is 1.00. The second kappa shape index (κ2) is 4.41. The van der Waals surface area contributed by atoms with Gasteiger partial charge in [0, 0.05) is 17.3 Å². The molecule has 5 unspecified atom stereocenters. The van der Waals surface area contributed by atoms with Crippen LogP contribution in [0, 0.1) is 16.7 Å². The number of nitrogens with one attached hydrogen (secondary N) is 1. The van der Waals surface area contributed by atoms with Crippen LogP contribution in [0.25, 0.3) is 0 Å². The first-order chi connectivity index (χ1) is 8.47. The first-order valence-corrected chi connectivity index (χ1v) is 9.05. The van der Waals surface area contributed by atoms with E-state index in [0.29, 0.717) is 10.8 Å². The summed E-state index contributed by atoms with van der Waals surface area (Å²) in [4.78, 5) is 0. The summed E-state index contributed by atoms with van der Waals surface area (Å²) in [6.07, 6.45) is 10.9. The third-order valence-electron chi connectivity index (χ3n) is 6.95. The Kier molecular flexibility index (Phi) is 3.26. The van der Waals surface area contributed by atoms with E-state index in [4.69, 9.17) is 0 Å². The maximum Gasteiger partial charge on any atom is 0.0131 e. The molecule has 2 heteroatoms. The van der Waals surface area contributed by atoms with E-state index in [1.807, 2.05) is 0 Å². The van der Waals surface area contributed by atoms with Crippen molar-refractivity contribution >= 4 is 11.8 Å². The Balaban J connectivity index is 1.66. The zero-order valence-electron chi connectivity index (χ0n) is 12.5. The van der Waals surface area contributed by atoms with Crippen molar-refractivity contribution in [2.75, 3.05) is 6.26 Å². The molecular formula is C16H29NS. The van der Waals surface area contributed by atoms with E-state index in [9.17, 15) is 0 Å². The van der Waals surface area contributed by atoms with Crippen molar-refractivity contribution in [1.82, 2.24) is 5.32 Å². The minimum Gasteiger partial charge on any atom is -0.311 e. The van der Waals surface area contributed by atoms with Gasteiger partial charge in [0.2, 0.25) is 0 Å². The lowest BCUT2D eigenvalue weighted by Gasteiger charge is -2.40. The number of rotatable bonds is 3. The van der Waals surface area contributed by atoms with Crippen molar-refractivity contribution in [2.45, 2.75) is 76.6 Å². The molecule has 0 aliphatic heterocycles. The molecule has 1 nitrogen and oxygen atoms in total. The van der Waals surface area contributed by atoms with Gasteiger partial charge in [-0.1, -0.05) is 20.8 Å². The van der Waals surface area contributed by atoms with Crippen LogP contribution in [0.5, 0.6) is 0 Å². The van der Waals surface area contributed by atoms with E-state index in [1.165, 1.54) is 38.5 Å². The Hall–Kier alpha value is 0.310. The average Bonchev–Trinajstić information content (AvgIpc) is 2.92. The predicted molar refractivity (Wildman–Crippen MR) is 81.1 cm³/mol. The lowest BCUT2D eigenvalue weighted by molar-refractivity contribution is 0.115. The van der Waals surface area contributed by atoms with Gasteiger partial charge in [-0.15, -0.1) is 0 Å². The van der Waals surface area contributed by atoms with Crippen LogP contribution in [0.4, 0.5) is 0 Å². The maximum atomic E-state index is 4.06. The van der Waals surface area contributed by atoms with E-state index in [1.54, 1.807) is 0 Å². The monoisotopic (exact) mass is 267 g/mol. The van der Waals surface area contributed by atoms with Gasteiger partial charge in [0.25, 0.3) is 0 Å². The highest BCUT2D eigenvalue weighted by atomic mass is 32.2. The maximum absolute atomic E-state index is 4.06. The fourth-order valence-electron chi connectivity index (χ4n) is 5.05. The van der Waals surface area contributed by atoms with Gasteiger partial charge >= 0.3 is 0 Å². The molecule has 1 N–H and O–H groups in total. The van der Waals surface area contributed by atoms with Gasteiger partial charge in [-0.25, -0.2) is 0 Å². The van der Waals surface area contributed by atoms with E-state index in [-0.39, 0.29) is 0 Å². The van der Waals surface area contributed by atoms with Crippen molar-refractivity contribution in [2.24, 2.45) is 16.7 Å². The Bertz CT molecular complexity index is 327. The highest BCUT2D eigenvalue weighted by molar-refractivity contribution is 7.99. The average molecular weight is 267 g/mol. The Morgan fingerprint density at radius 1 is 1.06 bits per heavy atom. The number of fused-ring (bicyclic) bond motifs is 2. The molecule has 0 aromatic rings. The minimum atomic E-state index is 0.551. The first-order valence-electron chi connectivity index (χ1n) is 7.76. The molecule has 0 spiro atoms. The molecule has 3 fully saturated rings. The molecule has 2 bridgehead atoms. The normalized spacial score (nSPS) is 50.0. The molecule has 3 saturated carbocycles. The molecule has 0 heterocycles. The zero-order chi connectivity index (χ0) is 13.0. The molecule has 0 aromatic heterocycles. The molecule has 0 radical (unpaired) electrons. The quantitative estimate of drug-likeness (QED) is 0.827. The Morgan fingerprint density at radius 3 is 2.33 bits per heavy atom. The summed E-state index contributed by atoms with van der Waals surface area (Å²) in [5.74, 6) is 0.970. The number of hydrogen-bond acceptors (Lipinski definition) is 2. The highest BCUT2D eigenvalue weighted by Crippen LogP contribution is 2.65. The van der Waals surface area contributed by atoms with Gasteiger partial charge in [-0.3, -0.25) is 0 Å². The van der Waals surface area contributed by atoms with E-state index >= 15 is 0 Å². The van der Waals surface area contributed by atoms with Crippen molar-refractivity contribution < 1.29 is 0 Å². The second-order valence-corrected chi connectivity index (χ2v) is 8.84. The van der Waals surface area contributed by atoms with Crippen LogP contribution in [0.2, 0.25) is 0 Å². The van der Waals surface area contributed by atoms with Gasteiger partial charge in [0.1, 0.15) is 0 Å². The molecule has 3 rings (SSSR count). The van der Waals surface area contributed by atoms with E-state index in [0.717, 1.165) is 23.3 Å². The SMILES string of the molecule is CSC1CCC(NC2CC3CCC2(C)C3(C)C)C1. The molecule has 0 aromatic carbocycles. The number of thioether (sulfide) groups is 1. The summed E-state index contributed by atoms with van der Waals surface area (Å²) < 4.78 is 0. The summed E-state index contributed by atoms with van der Waals surface area (Å²) >= 11 is 2.07. The van der Waals surface area contributed by atoms with Gasteiger partial charge in [0.15, 0.2) is 0 Å². The van der Waals surface area contributed by atoms with Gasteiger partial charge in [0.05, 0.1) is 0 Å². The standard InChI is InChI=1S/C16H29NS/c1-15(2)11-7-8-16(15,3)14(9-11)17-12-5-6-13(10-12)18-4/h11-14,17H,5-10H2,1-4H3. The smallest absolute Gasteiger partial charge is 0.0131 e. The molecule has 104 valence electrons. The van der Waals surface area contributed by atoms with Crippen LogP contribution in [-0.4, -0.2) is 23.6 Å². The van der Waals surface area contributed by atoms with E-state index < -0.39 is 0 Å². The minimum absolute atomic E-state index is 0.551. The third-order valence-corrected chi connectivity index (χ3v) is 8.04. The van der Waals surface area contributed by atoms with Crippen molar-refractivity contribution in [3.05, 3.63) is 0 Å². The summed E-state index contributed by atoms with van der Waals surface area (Å²) in [5.41, 5.74) is 1.11. The van der Waals surface area contributed by atoms with Crippen molar-refractivity contribution in [3.8, 4) is 0 Å². The molecule has 0 amide bonds. The topological polar surface area (TPSA) is 12.0 Å². The largest absolute Gasteiger partial charge is 0.311 e. The predicted octanol–water partition coefficient (Wildman–Crippen LogP) is 4.07. The first kappa shape index (κ1) is 13.3. The molecule has 3 aliphatic carbocycles. The molecule has 18 heavy (non-hydrogen) atoms. The summed E-state index contributed by atoms with van der Waals surface area (Å²) in [5, 5.41) is 4.97. The van der Waals surface area contributed by atoms with Crippen LogP contribution in [0.15, 0.2) is 0 Å². The highest BCUT2D eigenvalue weighted by Gasteiger charge is 2.61. The summed E-state index contributed by atoms with van der Waals surface area (Å²) in [6.45, 7) is 7.59. The van der Waals surface area contributed by atoms with Crippen LogP contribution < -0.4 is 5.32 Å². The lowest BCUT2D eigenvalue weighted by atomic mass is 9.69. The van der Waals surface area contributed by atoms with Gasteiger partial charge in [-0.2, -0.15) is 11.8 Å². The summed E-state index contributed by atoms with van der Waals surface area (Å²) in [7, 11) is 0. The lowest BCUT2D eigenvalue weighted by Crippen LogP contribution is -2.47. The van der Waals surface area contributed by atoms with Crippen LogP contribution in [0.1, 0.15) is 59.3 Å². The zero-order valence-corrected chi connectivity index (χ0v) is 13.3. The van der Waals surface area contributed by atoms with E-state index in [2.05, 4.69) is 44.1 Å².